The highest BCUT2D eigenvalue weighted by Crippen LogP contribution is 2.31. The van der Waals surface area contributed by atoms with Crippen LogP contribution in [0, 0.1) is 0 Å². The van der Waals surface area contributed by atoms with Gasteiger partial charge in [0, 0.05) is 11.1 Å². The second-order valence-electron chi connectivity index (χ2n) is 4.35. The second-order valence-corrected chi connectivity index (χ2v) is 4.35. The van der Waals surface area contributed by atoms with E-state index < -0.39 is 11.6 Å². The third-order valence-electron chi connectivity index (χ3n) is 3.12. The Hall–Kier alpha value is -2.68. The molecule has 0 aromatic heterocycles. The standard InChI is InChI=1S/C16H10O3/c17-11-7-5-10(6-8-11)9-14-12-3-1-2-4-13(12)15(18)16(14)19/h1-9,17H/b14-9+. The van der Waals surface area contributed by atoms with Crippen molar-refractivity contribution in [3.8, 4) is 5.75 Å². The van der Waals surface area contributed by atoms with Gasteiger partial charge in [0.05, 0.1) is 0 Å². The number of hydrogen-bond donors (Lipinski definition) is 1. The fourth-order valence-corrected chi connectivity index (χ4v) is 2.16. The summed E-state index contributed by atoms with van der Waals surface area (Å²) in [6, 6.07) is 13.4. The van der Waals surface area contributed by atoms with Crippen LogP contribution in [0.15, 0.2) is 48.5 Å². The van der Waals surface area contributed by atoms with Crippen molar-refractivity contribution in [3.05, 3.63) is 65.2 Å². The lowest BCUT2D eigenvalue weighted by Crippen LogP contribution is -2.05. The lowest BCUT2D eigenvalue weighted by molar-refractivity contribution is -0.109. The first kappa shape index (κ1) is 11.4. The predicted molar refractivity (Wildman–Crippen MR) is 71.8 cm³/mol. The summed E-state index contributed by atoms with van der Waals surface area (Å²) in [4.78, 5) is 23.8. The smallest absolute Gasteiger partial charge is 0.234 e. The van der Waals surface area contributed by atoms with Gasteiger partial charge in [-0.3, -0.25) is 9.59 Å². The Balaban J connectivity index is 2.13. The van der Waals surface area contributed by atoms with Crippen molar-refractivity contribution in [1.29, 1.82) is 0 Å². The largest absolute Gasteiger partial charge is 0.508 e. The Morgan fingerprint density at radius 2 is 1.42 bits per heavy atom. The monoisotopic (exact) mass is 250 g/mol. The van der Waals surface area contributed by atoms with E-state index in [9.17, 15) is 14.7 Å². The minimum absolute atomic E-state index is 0.163. The van der Waals surface area contributed by atoms with Crippen molar-refractivity contribution in [2.24, 2.45) is 0 Å². The van der Waals surface area contributed by atoms with E-state index in [1.165, 1.54) is 0 Å². The molecule has 3 nitrogen and oxygen atoms in total. The molecule has 2 aromatic rings. The van der Waals surface area contributed by atoms with Gasteiger partial charge in [0.15, 0.2) is 0 Å². The van der Waals surface area contributed by atoms with Crippen molar-refractivity contribution in [1.82, 2.24) is 0 Å². The van der Waals surface area contributed by atoms with Crippen molar-refractivity contribution in [3.63, 3.8) is 0 Å². The number of aromatic hydroxyl groups is 1. The second kappa shape index (κ2) is 4.21. The number of carbonyl (C=O) groups excluding carboxylic acids is 2. The topological polar surface area (TPSA) is 54.4 Å². The number of Topliss-reactive ketones (excluding diaryl/α,β-unsaturated/α-hetero) is 2. The Morgan fingerprint density at radius 1 is 0.789 bits per heavy atom. The highest BCUT2D eigenvalue weighted by atomic mass is 16.3. The van der Waals surface area contributed by atoms with E-state index in [1.807, 2.05) is 0 Å². The molecular formula is C16H10O3. The number of rotatable bonds is 1. The number of fused-ring (bicyclic) bond motifs is 1. The number of phenols is 1. The van der Waals surface area contributed by atoms with Crippen molar-refractivity contribution in [2.75, 3.05) is 0 Å². The van der Waals surface area contributed by atoms with E-state index in [1.54, 1.807) is 54.6 Å². The molecule has 2 aromatic carbocycles. The summed E-state index contributed by atoms with van der Waals surface area (Å²) in [7, 11) is 0. The zero-order valence-electron chi connectivity index (χ0n) is 9.96. The molecule has 0 radical (unpaired) electrons. The third-order valence-corrected chi connectivity index (χ3v) is 3.12. The zero-order chi connectivity index (χ0) is 13.4. The van der Waals surface area contributed by atoms with E-state index in [0.29, 0.717) is 16.7 Å². The quantitative estimate of drug-likeness (QED) is 0.625. The lowest BCUT2D eigenvalue weighted by atomic mass is 10.0. The fraction of sp³-hybridized carbons (Fsp3) is 0. The summed E-state index contributed by atoms with van der Waals surface area (Å²) < 4.78 is 0. The van der Waals surface area contributed by atoms with E-state index in [0.717, 1.165) is 5.56 Å². The van der Waals surface area contributed by atoms with E-state index >= 15 is 0 Å². The fourth-order valence-electron chi connectivity index (χ4n) is 2.16. The van der Waals surface area contributed by atoms with Gasteiger partial charge in [-0.05, 0) is 29.3 Å². The molecule has 0 aliphatic heterocycles. The van der Waals surface area contributed by atoms with Crippen LogP contribution >= 0.6 is 0 Å². The van der Waals surface area contributed by atoms with Crippen molar-refractivity contribution >= 4 is 23.2 Å². The molecule has 0 amide bonds. The average molecular weight is 250 g/mol. The summed E-state index contributed by atoms with van der Waals surface area (Å²) in [6.45, 7) is 0. The Morgan fingerprint density at radius 3 is 2.11 bits per heavy atom. The number of hydrogen-bond acceptors (Lipinski definition) is 3. The van der Waals surface area contributed by atoms with Crippen molar-refractivity contribution in [2.45, 2.75) is 0 Å². The van der Waals surface area contributed by atoms with E-state index in [-0.39, 0.29) is 5.75 Å². The summed E-state index contributed by atoms with van der Waals surface area (Å²) in [6.07, 6.45) is 1.67. The van der Waals surface area contributed by atoms with Crippen LogP contribution in [-0.4, -0.2) is 16.7 Å². The van der Waals surface area contributed by atoms with Gasteiger partial charge in [0.25, 0.3) is 0 Å². The molecule has 1 aliphatic carbocycles. The molecule has 0 saturated heterocycles. The first-order valence-electron chi connectivity index (χ1n) is 5.86. The first-order chi connectivity index (χ1) is 9.16. The third kappa shape index (κ3) is 1.85. The van der Waals surface area contributed by atoms with Gasteiger partial charge in [0.1, 0.15) is 5.75 Å². The number of carbonyl (C=O) groups is 2. The Kier molecular flexibility index (Phi) is 2.53. The van der Waals surface area contributed by atoms with Crippen LogP contribution in [0.4, 0.5) is 0 Å². The van der Waals surface area contributed by atoms with E-state index in [2.05, 4.69) is 0 Å². The molecule has 1 aliphatic rings. The van der Waals surface area contributed by atoms with Crippen LogP contribution in [0.2, 0.25) is 0 Å². The highest BCUT2D eigenvalue weighted by molar-refractivity contribution is 6.64. The molecule has 3 rings (SSSR count). The summed E-state index contributed by atoms with van der Waals surface area (Å²) in [5, 5.41) is 9.23. The van der Waals surface area contributed by atoms with Gasteiger partial charge in [-0.15, -0.1) is 0 Å². The molecule has 1 N–H and O–H groups in total. The average Bonchev–Trinajstić information content (AvgIpc) is 2.67. The molecule has 0 heterocycles. The van der Waals surface area contributed by atoms with Crippen LogP contribution in [-0.2, 0) is 4.79 Å². The van der Waals surface area contributed by atoms with Crippen LogP contribution in [0.5, 0.6) is 5.75 Å². The zero-order valence-corrected chi connectivity index (χ0v) is 9.96. The number of allylic oxidation sites excluding steroid dienone is 1. The maximum atomic E-state index is 12.0. The molecule has 3 heteroatoms. The van der Waals surface area contributed by atoms with Gasteiger partial charge < -0.3 is 5.11 Å². The van der Waals surface area contributed by atoms with E-state index in [4.69, 9.17) is 0 Å². The van der Waals surface area contributed by atoms with Crippen LogP contribution in [0.1, 0.15) is 21.5 Å². The van der Waals surface area contributed by atoms with Crippen molar-refractivity contribution < 1.29 is 14.7 Å². The molecule has 0 spiro atoms. The summed E-state index contributed by atoms with van der Waals surface area (Å²) >= 11 is 0. The van der Waals surface area contributed by atoms with Crippen LogP contribution in [0.3, 0.4) is 0 Å². The van der Waals surface area contributed by atoms with Crippen LogP contribution in [0.25, 0.3) is 11.6 Å². The maximum absolute atomic E-state index is 12.0. The van der Waals surface area contributed by atoms with Gasteiger partial charge in [-0.2, -0.15) is 0 Å². The highest BCUT2D eigenvalue weighted by Gasteiger charge is 2.32. The number of benzene rings is 2. The molecule has 0 atom stereocenters. The Bertz CT molecular complexity index is 709. The molecule has 0 bridgehead atoms. The number of phenolic OH excluding ortho intramolecular Hbond substituents is 1. The SMILES string of the molecule is O=C1C(=O)c2ccccc2/C1=C\c1ccc(O)cc1. The lowest BCUT2D eigenvalue weighted by Gasteiger charge is -1.99. The molecule has 0 fully saturated rings. The van der Waals surface area contributed by atoms with Gasteiger partial charge >= 0.3 is 0 Å². The van der Waals surface area contributed by atoms with Gasteiger partial charge in [0.2, 0.25) is 11.6 Å². The maximum Gasteiger partial charge on any atom is 0.234 e. The number of ketones is 2. The minimum atomic E-state index is -0.478. The normalized spacial score (nSPS) is 15.9. The summed E-state index contributed by atoms with van der Waals surface area (Å²) in [5.74, 6) is -0.772. The molecule has 92 valence electrons. The molecular weight excluding hydrogens is 240 g/mol. The molecule has 0 unspecified atom stereocenters. The van der Waals surface area contributed by atoms with Crippen LogP contribution < -0.4 is 0 Å². The first-order valence-corrected chi connectivity index (χ1v) is 5.86. The van der Waals surface area contributed by atoms with Gasteiger partial charge in [-0.1, -0.05) is 36.4 Å². The molecule has 0 saturated carbocycles. The predicted octanol–water partition coefficient (Wildman–Crippen LogP) is 2.70. The van der Waals surface area contributed by atoms with Gasteiger partial charge in [-0.25, -0.2) is 0 Å². The Labute approximate surface area is 109 Å². The minimum Gasteiger partial charge on any atom is -0.508 e. The summed E-state index contributed by atoms with van der Waals surface area (Å²) in [5.41, 5.74) is 2.31. The molecule has 19 heavy (non-hydrogen) atoms.